The molecular weight excluding hydrogens is 372 g/mol. The number of hydrogen-bond acceptors (Lipinski definition) is 4. The Labute approximate surface area is 166 Å². The van der Waals surface area contributed by atoms with Crippen LogP contribution in [0.25, 0.3) is 11.0 Å². The molecule has 28 heavy (non-hydrogen) atoms. The summed E-state index contributed by atoms with van der Waals surface area (Å²) in [6.45, 7) is 5.47. The fourth-order valence-electron chi connectivity index (χ4n) is 3.22. The van der Waals surface area contributed by atoms with Crippen LogP contribution in [0.1, 0.15) is 43.0 Å². The Morgan fingerprint density at radius 3 is 2.18 bits per heavy atom. The van der Waals surface area contributed by atoms with E-state index in [-0.39, 0.29) is 16.6 Å². The minimum Gasteiger partial charge on any atom is -0.422 e. The van der Waals surface area contributed by atoms with Gasteiger partial charge in [0.15, 0.2) is 9.84 Å². The normalized spacial score (nSPS) is 12.0. The van der Waals surface area contributed by atoms with Gasteiger partial charge in [-0.2, -0.15) is 0 Å². The van der Waals surface area contributed by atoms with Crippen LogP contribution in [-0.4, -0.2) is 13.7 Å². The van der Waals surface area contributed by atoms with E-state index in [0.717, 1.165) is 35.8 Å². The van der Waals surface area contributed by atoms with Gasteiger partial charge in [-0.3, -0.25) is 0 Å². The van der Waals surface area contributed by atoms with Crippen LogP contribution < -0.4 is 5.63 Å². The van der Waals surface area contributed by atoms with Crippen LogP contribution in [0.15, 0.2) is 57.7 Å². The van der Waals surface area contributed by atoms with Crippen molar-refractivity contribution in [3.63, 3.8) is 0 Å². The van der Waals surface area contributed by atoms with Crippen molar-refractivity contribution in [2.24, 2.45) is 0 Å². The van der Waals surface area contributed by atoms with Crippen molar-refractivity contribution in [1.29, 1.82) is 0 Å². The first kappa shape index (κ1) is 20.3. The van der Waals surface area contributed by atoms with E-state index < -0.39 is 9.84 Å². The van der Waals surface area contributed by atoms with E-state index in [1.54, 1.807) is 13.8 Å². The van der Waals surface area contributed by atoms with E-state index in [1.165, 1.54) is 17.2 Å². The minimum atomic E-state index is -3.08. The highest BCUT2D eigenvalue weighted by molar-refractivity contribution is 7.91. The summed E-state index contributed by atoms with van der Waals surface area (Å²) >= 11 is 0. The van der Waals surface area contributed by atoms with Gasteiger partial charge in [-0.25, -0.2) is 13.2 Å². The molecule has 0 saturated heterocycles. The topological polar surface area (TPSA) is 64.3 Å². The second kappa shape index (κ2) is 8.31. The lowest BCUT2D eigenvalue weighted by atomic mass is 9.99. The number of hydrogen-bond donors (Lipinski definition) is 0. The van der Waals surface area contributed by atoms with Crippen molar-refractivity contribution < 1.29 is 12.8 Å². The Morgan fingerprint density at radius 2 is 1.54 bits per heavy atom. The summed E-state index contributed by atoms with van der Waals surface area (Å²) in [5, 5.41) is 0.584. The lowest BCUT2D eigenvalue weighted by Gasteiger charge is -2.10. The van der Waals surface area contributed by atoms with Gasteiger partial charge < -0.3 is 4.42 Å². The molecule has 5 heteroatoms. The summed E-state index contributed by atoms with van der Waals surface area (Å²) in [6.07, 6.45) is 2.53. The first-order valence-electron chi connectivity index (χ1n) is 9.63. The quantitative estimate of drug-likeness (QED) is 0.551. The molecule has 2 aromatic carbocycles. The van der Waals surface area contributed by atoms with Crippen LogP contribution in [0.5, 0.6) is 0 Å². The molecule has 0 aliphatic rings. The maximum Gasteiger partial charge on any atom is 0.336 e. The van der Waals surface area contributed by atoms with Gasteiger partial charge >= 0.3 is 5.63 Å². The summed E-state index contributed by atoms with van der Waals surface area (Å²) in [7, 11) is -3.08. The highest BCUT2D eigenvalue weighted by Gasteiger charge is 2.16. The highest BCUT2D eigenvalue weighted by atomic mass is 32.2. The molecule has 0 amide bonds. The lowest BCUT2D eigenvalue weighted by molar-refractivity contribution is 0.557. The van der Waals surface area contributed by atoms with Crippen LogP contribution in [0.2, 0.25) is 0 Å². The van der Waals surface area contributed by atoms with Gasteiger partial charge in [-0.1, -0.05) is 37.3 Å². The Kier molecular flexibility index (Phi) is 6.04. The number of aryl methyl sites for hydroxylation is 3. The molecule has 148 valence electrons. The largest absolute Gasteiger partial charge is 0.422 e. The summed E-state index contributed by atoms with van der Waals surface area (Å²) in [5.41, 5.74) is 4.59. The number of fused-ring (bicyclic) bond motifs is 1. The summed E-state index contributed by atoms with van der Waals surface area (Å²) < 4.78 is 29.5. The zero-order valence-corrected chi connectivity index (χ0v) is 17.4. The molecule has 0 N–H and O–H groups in total. The molecule has 3 aromatic rings. The van der Waals surface area contributed by atoms with Crippen molar-refractivity contribution in [1.82, 2.24) is 0 Å². The molecule has 0 fully saturated rings. The Balaban J connectivity index is 1.74. The first-order valence-corrected chi connectivity index (χ1v) is 11.3. The van der Waals surface area contributed by atoms with Crippen molar-refractivity contribution in [3.8, 4) is 0 Å². The SMILES string of the molecule is CCc1cc(CCc2ccc(CS(=O)(=O)C(C)C)cc2)cc2ccc(=O)oc12. The summed E-state index contributed by atoms with van der Waals surface area (Å²) in [4.78, 5) is 11.5. The predicted molar refractivity (Wildman–Crippen MR) is 113 cm³/mol. The Morgan fingerprint density at radius 1 is 0.893 bits per heavy atom. The highest BCUT2D eigenvalue weighted by Crippen LogP contribution is 2.22. The Bertz CT molecular complexity index is 1120. The molecule has 3 rings (SSSR count). The fourth-order valence-corrected chi connectivity index (χ4v) is 4.21. The van der Waals surface area contributed by atoms with E-state index in [2.05, 4.69) is 19.1 Å². The van der Waals surface area contributed by atoms with E-state index in [9.17, 15) is 13.2 Å². The molecule has 1 aromatic heterocycles. The van der Waals surface area contributed by atoms with Crippen LogP contribution in [0, 0.1) is 0 Å². The van der Waals surface area contributed by atoms with Gasteiger partial charge in [-0.05, 0) is 67.5 Å². The molecule has 0 saturated carbocycles. The van der Waals surface area contributed by atoms with E-state index >= 15 is 0 Å². The second-order valence-electron chi connectivity index (χ2n) is 7.45. The van der Waals surface area contributed by atoms with Crippen molar-refractivity contribution in [3.05, 3.63) is 81.2 Å². The number of sulfone groups is 1. The molecule has 0 bridgehead atoms. The molecule has 0 radical (unpaired) electrons. The first-order chi connectivity index (χ1) is 13.3. The molecule has 0 aliphatic heterocycles. The third-order valence-corrected chi connectivity index (χ3v) is 7.22. The van der Waals surface area contributed by atoms with Gasteiger partial charge in [0.05, 0.1) is 11.0 Å². The zero-order chi connectivity index (χ0) is 20.3. The number of benzene rings is 2. The van der Waals surface area contributed by atoms with Crippen molar-refractivity contribution in [2.45, 2.75) is 51.0 Å². The van der Waals surface area contributed by atoms with Gasteiger partial charge in [0.1, 0.15) is 5.58 Å². The third-order valence-electron chi connectivity index (χ3n) is 5.05. The average Bonchev–Trinajstić information content (AvgIpc) is 2.66. The van der Waals surface area contributed by atoms with Crippen LogP contribution in [0.4, 0.5) is 0 Å². The van der Waals surface area contributed by atoms with Crippen LogP contribution in [0.3, 0.4) is 0 Å². The average molecular weight is 399 g/mol. The Hall–Kier alpha value is -2.40. The van der Waals surface area contributed by atoms with Crippen molar-refractivity contribution >= 4 is 20.8 Å². The van der Waals surface area contributed by atoms with Gasteiger partial charge in [-0.15, -0.1) is 0 Å². The van der Waals surface area contributed by atoms with Gasteiger partial charge in [0.2, 0.25) is 0 Å². The molecule has 0 atom stereocenters. The van der Waals surface area contributed by atoms with E-state index in [0.29, 0.717) is 5.58 Å². The maximum absolute atomic E-state index is 12.1. The molecular formula is C23H26O4S. The van der Waals surface area contributed by atoms with Crippen LogP contribution >= 0.6 is 0 Å². The zero-order valence-electron chi connectivity index (χ0n) is 16.6. The third kappa shape index (κ3) is 4.71. The second-order valence-corrected chi connectivity index (χ2v) is 10.0. The smallest absolute Gasteiger partial charge is 0.336 e. The monoisotopic (exact) mass is 398 g/mol. The standard InChI is InChI=1S/C23H26O4S/c1-4-20-13-19(14-21-11-12-22(24)27-23(20)21)10-7-17-5-8-18(9-6-17)15-28(25,26)16(2)3/h5-6,8-9,11-14,16H,4,7,10,15H2,1-3H3. The molecule has 4 nitrogen and oxygen atoms in total. The lowest BCUT2D eigenvalue weighted by Crippen LogP contribution is -2.15. The van der Waals surface area contributed by atoms with Crippen LogP contribution in [-0.2, 0) is 34.9 Å². The van der Waals surface area contributed by atoms with Gasteiger partial charge in [0.25, 0.3) is 0 Å². The van der Waals surface area contributed by atoms with E-state index in [1.807, 2.05) is 30.3 Å². The molecule has 0 unspecified atom stereocenters. The predicted octanol–water partition coefficient (Wildman–Crippen LogP) is 4.46. The summed E-state index contributed by atoms with van der Waals surface area (Å²) in [5.74, 6) is 0.0840. The van der Waals surface area contributed by atoms with Gasteiger partial charge in [0, 0.05) is 11.5 Å². The molecule has 0 aliphatic carbocycles. The molecule has 1 heterocycles. The van der Waals surface area contributed by atoms with E-state index in [4.69, 9.17) is 4.42 Å². The summed E-state index contributed by atoms with van der Waals surface area (Å²) in [6, 6.07) is 15.3. The minimum absolute atomic E-state index is 0.0840. The number of rotatable bonds is 7. The molecule has 0 spiro atoms. The fraction of sp³-hybridized carbons (Fsp3) is 0.348. The maximum atomic E-state index is 12.1. The van der Waals surface area contributed by atoms with Crippen molar-refractivity contribution in [2.75, 3.05) is 0 Å².